The van der Waals surface area contributed by atoms with E-state index in [-0.39, 0.29) is 0 Å². The van der Waals surface area contributed by atoms with Gasteiger partial charge in [0.25, 0.3) is 0 Å². The number of benzene rings is 1. The molecule has 1 aliphatic heterocycles. The number of rotatable bonds is 3. The van der Waals surface area contributed by atoms with Crippen LogP contribution in [0.25, 0.3) is 0 Å². The number of aliphatic carboxylic acids is 1. The Labute approximate surface area is 123 Å². The van der Waals surface area contributed by atoms with Crippen LogP contribution in [0.1, 0.15) is 25.3 Å². The number of allylic oxidation sites excluding steroid dienone is 1. The number of carboxylic acids is 1. The van der Waals surface area contributed by atoms with Crippen LogP contribution in [0.3, 0.4) is 0 Å². The number of nitrogens with zero attached hydrogens (tertiary/aromatic N) is 1. The molecule has 0 aliphatic carbocycles. The van der Waals surface area contributed by atoms with Crippen molar-refractivity contribution in [3.63, 3.8) is 0 Å². The Morgan fingerprint density at radius 1 is 1.19 bits per heavy atom. The van der Waals surface area contributed by atoms with Crippen molar-refractivity contribution in [2.45, 2.75) is 19.8 Å². The number of aliphatic imine (C=N–C) groups is 1. The van der Waals surface area contributed by atoms with Crippen molar-refractivity contribution >= 4 is 17.7 Å². The number of carboxylic acid groups (broad SMARTS) is 1. The van der Waals surface area contributed by atoms with Gasteiger partial charge in [0, 0.05) is 17.3 Å². The summed E-state index contributed by atoms with van der Waals surface area (Å²) in [5.74, 6) is -3.00. The molecule has 0 radical (unpaired) electrons. The van der Waals surface area contributed by atoms with Crippen molar-refractivity contribution in [1.82, 2.24) is 0 Å². The van der Waals surface area contributed by atoms with Gasteiger partial charge < -0.3 is 9.84 Å². The number of methoxy groups -OCH3 is 1. The zero-order valence-electron chi connectivity index (χ0n) is 12.2. The summed E-state index contributed by atoms with van der Waals surface area (Å²) >= 11 is 0. The van der Waals surface area contributed by atoms with Gasteiger partial charge in [0.05, 0.1) is 12.7 Å². The molecular formula is C16H17NO4. The van der Waals surface area contributed by atoms with Crippen LogP contribution in [0.5, 0.6) is 0 Å². The second-order valence-corrected chi connectivity index (χ2v) is 4.95. The summed E-state index contributed by atoms with van der Waals surface area (Å²) in [5, 5.41) is 9.54. The Balaban J connectivity index is 2.65. The maximum Gasteiger partial charge on any atom is 0.336 e. The molecule has 2 unspecified atom stereocenters. The molecule has 1 aromatic carbocycles. The third kappa shape index (κ3) is 2.72. The fourth-order valence-corrected chi connectivity index (χ4v) is 2.75. The third-order valence-electron chi connectivity index (χ3n) is 3.66. The van der Waals surface area contributed by atoms with Crippen LogP contribution in [0.2, 0.25) is 0 Å². The van der Waals surface area contributed by atoms with Gasteiger partial charge in [-0.05, 0) is 19.4 Å². The Bertz CT molecular complexity index is 631. The first-order chi connectivity index (χ1) is 9.97. The summed E-state index contributed by atoms with van der Waals surface area (Å²) in [6.07, 6.45) is 0. The second-order valence-electron chi connectivity index (χ2n) is 4.95. The van der Waals surface area contributed by atoms with Gasteiger partial charge in [0.1, 0.15) is 5.92 Å². The normalized spacial score (nSPS) is 21.8. The fraction of sp³-hybridized carbons (Fsp3) is 0.312. The first kappa shape index (κ1) is 15.0. The molecule has 2 atom stereocenters. The van der Waals surface area contributed by atoms with E-state index < -0.39 is 23.8 Å². The van der Waals surface area contributed by atoms with E-state index in [1.807, 2.05) is 30.3 Å². The lowest BCUT2D eigenvalue weighted by Gasteiger charge is -2.30. The summed E-state index contributed by atoms with van der Waals surface area (Å²) in [5.41, 5.74) is 2.06. The van der Waals surface area contributed by atoms with Crippen LogP contribution in [-0.4, -0.2) is 29.9 Å². The minimum atomic E-state index is -1.00. The highest BCUT2D eigenvalue weighted by atomic mass is 16.5. The Hall–Kier alpha value is -2.43. The van der Waals surface area contributed by atoms with E-state index >= 15 is 0 Å². The molecule has 0 saturated carbocycles. The zero-order chi connectivity index (χ0) is 15.6. The lowest BCUT2D eigenvalue weighted by Crippen LogP contribution is -2.35. The highest BCUT2D eigenvalue weighted by molar-refractivity contribution is 6.06. The Morgan fingerprint density at radius 3 is 2.33 bits per heavy atom. The molecule has 1 N–H and O–H groups in total. The highest BCUT2D eigenvalue weighted by Gasteiger charge is 2.41. The first-order valence-corrected chi connectivity index (χ1v) is 6.59. The van der Waals surface area contributed by atoms with Crippen molar-refractivity contribution in [2.75, 3.05) is 7.11 Å². The average molecular weight is 287 g/mol. The van der Waals surface area contributed by atoms with E-state index in [2.05, 4.69) is 4.99 Å². The molecule has 21 heavy (non-hydrogen) atoms. The summed E-state index contributed by atoms with van der Waals surface area (Å²) in [6, 6.07) is 9.11. The zero-order valence-corrected chi connectivity index (χ0v) is 12.2. The second kappa shape index (κ2) is 5.91. The van der Waals surface area contributed by atoms with Gasteiger partial charge in [0.15, 0.2) is 0 Å². The van der Waals surface area contributed by atoms with E-state index in [0.717, 1.165) is 5.56 Å². The molecule has 5 nitrogen and oxygen atoms in total. The summed E-state index contributed by atoms with van der Waals surface area (Å²) in [6.45, 7) is 3.37. The van der Waals surface area contributed by atoms with E-state index in [1.54, 1.807) is 13.8 Å². The maximum atomic E-state index is 12.1. The van der Waals surface area contributed by atoms with Crippen LogP contribution < -0.4 is 0 Å². The van der Waals surface area contributed by atoms with E-state index in [0.29, 0.717) is 17.0 Å². The first-order valence-electron chi connectivity index (χ1n) is 6.59. The summed E-state index contributed by atoms with van der Waals surface area (Å²) in [4.78, 5) is 28.0. The quantitative estimate of drug-likeness (QED) is 0.866. The van der Waals surface area contributed by atoms with Crippen LogP contribution in [0.15, 0.2) is 46.6 Å². The van der Waals surface area contributed by atoms with E-state index in [1.165, 1.54) is 7.11 Å². The summed E-state index contributed by atoms with van der Waals surface area (Å²) in [7, 11) is 1.28. The molecule has 5 heteroatoms. The van der Waals surface area contributed by atoms with Crippen molar-refractivity contribution in [2.24, 2.45) is 10.9 Å². The Morgan fingerprint density at radius 2 is 1.81 bits per heavy atom. The average Bonchev–Trinajstić information content (AvgIpc) is 2.46. The predicted octanol–water partition coefficient (Wildman–Crippen LogP) is 2.39. The third-order valence-corrected chi connectivity index (χ3v) is 3.66. The lowest BCUT2D eigenvalue weighted by molar-refractivity contribution is -0.140. The standard InChI is InChI=1S/C16H17NO4/c1-9-12(15(18)19)14(11-7-5-4-6-8-11)13(10(2)17-9)16(20)21-3/h4-8,12,14H,1-3H3,(H,18,19). The van der Waals surface area contributed by atoms with Gasteiger partial charge in [0.2, 0.25) is 0 Å². The van der Waals surface area contributed by atoms with Gasteiger partial charge in [-0.2, -0.15) is 0 Å². The minimum absolute atomic E-state index is 0.307. The number of hydrogen-bond donors (Lipinski definition) is 1. The topological polar surface area (TPSA) is 76.0 Å². The maximum absolute atomic E-state index is 12.1. The molecule has 1 aromatic rings. The van der Waals surface area contributed by atoms with E-state index in [9.17, 15) is 14.7 Å². The van der Waals surface area contributed by atoms with Gasteiger partial charge in [-0.3, -0.25) is 9.79 Å². The van der Waals surface area contributed by atoms with Crippen molar-refractivity contribution in [3.05, 3.63) is 47.2 Å². The molecule has 0 spiro atoms. The van der Waals surface area contributed by atoms with Crippen LogP contribution in [-0.2, 0) is 14.3 Å². The van der Waals surface area contributed by atoms with Crippen molar-refractivity contribution in [1.29, 1.82) is 0 Å². The molecule has 0 bridgehead atoms. The summed E-state index contributed by atoms with van der Waals surface area (Å²) < 4.78 is 4.82. The van der Waals surface area contributed by atoms with Gasteiger partial charge in [-0.15, -0.1) is 0 Å². The lowest BCUT2D eigenvalue weighted by atomic mass is 9.76. The fourth-order valence-electron chi connectivity index (χ4n) is 2.75. The van der Waals surface area contributed by atoms with Crippen molar-refractivity contribution in [3.8, 4) is 0 Å². The molecule has 0 aromatic heterocycles. The van der Waals surface area contributed by atoms with Gasteiger partial charge in [-0.1, -0.05) is 30.3 Å². The number of carbonyl (C=O) groups is 2. The number of esters is 1. The molecule has 1 aliphatic rings. The van der Waals surface area contributed by atoms with E-state index in [4.69, 9.17) is 4.74 Å². The molecular weight excluding hydrogens is 270 g/mol. The molecule has 0 fully saturated rings. The molecule has 2 rings (SSSR count). The van der Waals surface area contributed by atoms with Crippen molar-refractivity contribution < 1.29 is 19.4 Å². The number of carbonyl (C=O) groups excluding carboxylic acids is 1. The van der Waals surface area contributed by atoms with Crippen LogP contribution in [0.4, 0.5) is 0 Å². The molecule has 1 heterocycles. The van der Waals surface area contributed by atoms with Gasteiger partial charge >= 0.3 is 11.9 Å². The molecule has 0 amide bonds. The van der Waals surface area contributed by atoms with Crippen LogP contribution >= 0.6 is 0 Å². The Kier molecular flexibility index (Phi) is 4.21. The SMILES string of the molecule is COC(=O)C1=C(C)N=C(C)C(C(=O)O)C1c1ccccc1. The number of hydrogen-bond acceptors (Lipinski definition) is 4. The van der Waals surface area contributed by atoms with Gasteiger partial charge in [-0.25, -0.2) is 4.79 Å². The monoisotopic (exact) mass is 287 g/mol. The molecule has 110 valence electrons. The largest absolute Gasteiger partial charge is 0.481 e. The molecule has 0 saturated heterocycles. The minimum Gasteiger partial charge on any atom is -0.481 e. The number of ether oxygens (including phenoxy) is 1. The van der Waals surface area contributed by atoms with Crippen LogP contribution in [0, 0.1) is 5.92 Å². The predicted molar refractivity (Wildman–Crippen MR) is 78.1 cm³/mol. The highest BCUT2D eigenvalue weighted by Crippen LogP contribution is 2.39. The smallest absolute Gasteiger partial charge is 0.336 e.